The van der Waals surface area contributed by atoms with Crippen molar-refractivity contribution in [2.75, 3.05) is 12.0 Å². The third kappa shape index (κ3) is 3.71. The molecule has 0 saturated carbocycles. The summed E-state index contributed by atoms with van der Waals surface area (Å²) in [6.45, 7) is 5.54. The zero-order valence-electron chi connectivity index (χ0n) is 16.9. The predicted molar refractivity (Wildman–Crippen MR) is 114 cm³/mol. The number of nitro groups is 1. The van der Waals surface area contributed by atoms with E-state index in [0.717, 1.165) is 11.1 Å². The first-order valence-electron chi connectivity index (χ1n) is 9.02. The van der Waals surface area contributed by atoms with Crippen LogP contribution in [0.25, 0.3) is 6.08 Å². The standard InChI is InChI=1S/C22H19ClN2O5/c1-12-5-6-16(9-13(12)2)24-14(3)20(22(27)30-4)18(21(24)26)11-15-10-17(25(28)29)7-8-19(15)23/h5-11H,1-4H3/b18-11-. The predicted octanol–water partition coefficient (Wildman–Crippen LogP) is 4.74. The van der Waals surface area contributed by atoms with Gasteiger partial charge in [-0.2, -0.15) is 0 Å². The number of carbonyl (C=O) groups is 2. The van der Waals surface area contributed by atoms with Gasteiger partial charge in [0.05, 0.1) is 23.2 Å². The highest BCUT2D eigenvalue weighted by Crippen LogP contribution is 2.37. The molecule has 0 fully saturated rings. The summed E-state index contributed by atoms with van der Waals surface area (Å²) in [5, 5.41) is 11.3. The molecule has 154 valence electrons. The van der Waals surface area contributed by atoms with Gasteiger partial charge >= 0.3 is 5.97 Å². The number of non-ortho nitro benzene ring substituents is 1. The number of aryl methyl sites for hydroxylation is 2. The molecule has 0 saturated heterocycles. The molecule has 0 unspecified atom stereocenters. The van der Waals surface area contributed by atoms with E-state index in [2.05, 4.69) is 0 Å². The van der Waals surface area contributed by atoms with Crippen molar-refractivity contribution in [3.05, 3.63) is 85.1 Å². The van der Waals surface area contributed by atoms with Gasteiger partial charge in [-0.05, 0) is 56.2 Å². The first kappa shape index (κ1) is 21.3. The fourth-order valence-electron chi connectivity index (χ4n) is 3.27. The molecule has 30 heavy (non-hydrogen) atoms. The molecule has 0 bridgehead atoms. The van der Waals surface area contributed by atoms with E-state index in [4.69, 9.17) is 16.3 Å². The molecule has 0 aromatic heterocycles. The van der Waals surface area contributed by atoms with E-state index in [1.165, 1.54) is 36.3 Å². The Morgan fingerprint density at radius 1 is 1.13 bits per heavy atom. The van der Waals surface area contributed by atoms with Crippen molar-refractivity contribution in [3.8, 4) is 0 Å². The van der Waals surface area contributed by atoms with Crippen molar-refractivity contribution >= 4 is 40.9 Å². The third-order valence-corrected chi connectivity index (χ3v) is 5.37. The lowest BCUT2D eigenvalue weighted by molar-refractivity contribution is -0.384. The first-order valence-corrected chi connectivity index (χ1v) is 9.40. The Morgan fingerprint density at radius 2 is 1.83 bits per heavy atom. The molecule has 3 rings (SSSR count). The van der Waals surface area contributed by atoms with Crippen LogP contribution in [0.3, 0.4) is 0 Å². The molecule has 0 atom stereocenters. The van der Waals surface area contributed by atoms with Crippen molar-refractivity contribution in [1.29, 1.82) is 0 Å². The van der Waals surface area contributed by atoms with Gasteiger partial charge in [0.25, 0.3) is 11.6 Å². The number of nitro benzene ring substituents is 1. The SMILES string of the molecule is COC(=O)C1=C(C)N(c2ccc(C)c(C)c2)C(=O)/C1=C\c1cc([N+](=O)[O-])ccc1Cl. The summed E-state index contributed by atoms with van der Waals surface area (Å²) in [4.78, 5) is 37.8. The van der Waals surface area contributed by atoms with Crippen molar-refractivity contribution in [3.63, 3.8) is 0 Å². The maximum Gasteiger partial charge on any atom is 0.340 e. The molecule has 2 aromatic carbocycles. The third-order valence-electron chi connectivity index (χ3n) is 5.03. The van der Waals surface area contributed by atoms with Gasteiger partial charge in [0.2, 0.25) is 0 Å². The van der Waals surface area contributed by atoms with Crippen LogP contribution in [-0.2, 0) is 14.3 Å². The van der Waals surface area contributed by atoms with Gasteiger partial charge in [0, 0.05) is 34.1 Å². The van der Waals surface area contributed by atoms with E-state index in [-0.39, 0.29) is 27.4 Å². The number of halogens is 1. The number of benzene rings is 2. The van der Waals surface area contributed by atoms with Crippen molar-refractivity contribution in [2.45, 2.75) is 20.8 Å². The van der Waals surface area contributed by atoms with Gasteiger partial charge in [-0.25, -0.2) is 4.79 Å². The van der Waals surface area contributed by atoms with Crippen LogP contribution in [0.4, 0.5) is 11.4 Å². The number of methoxy groups -OCH3 is 1. The summed E-state index contributed by atoms with van der Waals surface area (Å²) in [7, 11) is 1.23. The monoisotopic (exact) mass is 426 g/mol. The number of esters is 1. The molecule has 0 N–H and O–H groups in total. The number of nitrogens with zero attached hydrogens (tertiary/aromatic N) is 2. The Kier molecular flexibility index (Phi) is 5.75. The Labute approximate surface area is 178 Å². The number of rotatable bonds is 4. The molecular formula is C22H19ClN2O5. The molecule has 8 heteroatoms. The lowest BCUT2D eigenvalue weighted by atomic mass is 10.0. The van der Waals surface area contributed by atoms with Gasteiger partial charge < -0.3 is 4.74 Å². The second-order valence-corrected chi connectivity index (χ2v) is 7.29. The summed E-state index contributed by atoms with van der Waals surface area (Å²) < 4.78 is 4.88. The van der Waals surface area contributed by atoms with Crippen molar-refractivity contribution in [1.82, 2.24) is 0 Å². The molecule has 2 aromatic rings. The molecule has 0 radical (unpaired) electrons. The van der Waals surface area contributed by atoms with Crippen molar-refractivity contribution < 1.29 is 19.2 Å². The summed E-state index contributed by atoms with van der Waals surface area (Å²) in [6.07, 6.45) is 1.38. The summed E-state index contributed by atoms with van der Waals surface area (Å²) >= 11 is 6.19. The minimum absolute atomic E-state index is 0.0555. The number of amides is 1. The van der Waals surface area contributed by atoms with E-state index < -0.39 is 16.8 Å². The van der Waals surface area contributed by atoms with E-state index in [0.29, 0.717) is 11.4 Å². The second kappa shape index (κ2) is 8.12. The van der Waals surface area contributed by atoms with E-state index in [1.807, 2.05) is 26.0 Å². The van der Waals surface area contributed by atoms with Crippen molar-refractivity contribution in [2.24, 2.45) is 0 Å². The minimum Gasteiger partial charge on any atom is -0.465 e. The Hall–Kier alpha value is -3.45. The number of hydrogen-bond donors (Lipinski definition) is 0. The maximum atomic E-state index is 13.3. The number of allylic oxidation sites excluding steroid dienone is 1. The smallest absolute Gasteiger partial charge is 0.340 e. The van der Waals surface area contributed by atoms with Crippen LogP contribution < -0.4 is 4.90 Å². The summed E-state index contributed by atoms with van der Waals surface area (Å²) in [5.41, 5.74) is 3.29. The highest BCUT2D eigenvalue weighted by Gasteiger charge is 2.38. The molecule has 1 aliphatic heterocycles. The minimum atomic E-state index is -0.681. The summed E-state index contributed by atoms with van der Waals surface area (Å²) in [5.74, 6) is -1.13. The van der Waals surface area contributed by atoms with Crippen LogP contribution >= 0.6 is 11.6 Å². The first-order chi connectivity index (χ1) is 14.1. The molecule has 1 amide bonds. The van der Waals surface area contributed by atoms with Crippen LogP contribution in [0, 0.1) is 24.0 Å². The number of ether oxygens (including phenoxy) is 1. The molecule has 1 heterocycles. The van der Waals surface area contributed by atoms with Crippen LogP contribution in [-0.4, -0.2) is 23.9 Å². The second-order valence-electron chi connectivity index (χ2n) is 6.88. The number of hydrogen-bond acceptors (Lipinski definition) is 5. The average Bonchev–Trinajstić information content (AvgIpc) is 2.94. The lowest BCUT2D eigenvalue weighted by Crippen LogP contribution is -2.24. The van der Waals surface area contributed by atoms with Gasteiger partial charge in [-0.1, -0.05) is 17.7 Å². The van der Waals surface area contributed by atoms with Gasteiger partial charge in [0.15, 0.2) is 0 Å². The largest absolute Gasteiger partial charge is 0.465 e. The van der Waals surface area contributed by atoms with Gasteiger partial charge in [-0.3, -0.25) is 19.8 Å². The normalized spacial score (nSPS) is 15.2. The molecular weight excluding hydrogens is 408 g/mol. The molecule has 0 spiro atoms. The molecule has 1 aliphatic rings. The van der Waals surface area contributed by atoms with Crippen LogP contribution in [0.5, 0.6) is 0 Å². The zero-order chi connectivity index (χ0) is 22.2. The fraction of sp³-hybridized carbons (Fsp3) is 0.182. The maximum absolute atomic E-state index is 13.3. The number of carbonyl (C=O) groups excluding carboxylic acids is 2. The zero-order valence-corrected chi connectivity index (χ0v) is 17.6. The average molecular weight is 427 g/mol. The van der Waals surface area contributed by atoms with Crippen LogP contribution in [0.15, 0.2) is 53.2 Å². The fourth-order valence-corrected chi connectivity index (χ4v) is 3.44. The Bertz CT molecular complexity index is 1150. The number of anilines is 1. The van der Waals surface area contributed by atoms with Crippen LogP contribution in [0.1, 0.15) is 23.6 Å². The van der Waals surface area contributed by atoms with E-state index >= 15 is 0 Å². The van der Waals surface area contributed by atoms with Gasteiger partial charge in [0.1, 0.15) is 0 Å². The van der Waals surface area contributed by atoms with Crippen LogP contribution in [0.2, 0.25) is 5.02 Å². The lowest BCUT2D eigenvalue weighted by Gasteiger charge is -2.19. The molecule has 0 aliphatic carbocycles. The molecule has 7 nitrogen and oxygen atoms in total. The Balaban J connectivity index is 2.19. The highest BCUT2D eigenvalue weighted by molar-refractivity contribution is 6.32. The quantitative estimate of drug-likeness (QED) is 0.305. The summed E-state index contributed by atoms with van der Waals surface area (Å²) in [6, 6.07) is 9.44. The highest BCUT2D eigenvalue weighted by atomic mass is 35.5. The topological polar surface area (TPSA) is 89.8 Å². The van der Waals surface area contributed by atoms with Gasteiger partial charge in [-0.15, -0.1) is 0 Å². The Morgan fingerprint density at radius 3 is 2.43 bits per heavy atom. The van der Waals surface area contributed by atoms with E-state index in [9.17, 15) is 19.7 Å². The van der Waals surface area contributed by atoms with E-state index in [1.54, 1.807) is 13.0 Å².